The van der Waals surface area contributed by atoms with Gasteiger partial charge in [0.1, 0.15) is 5.60 Å². The number of aromatic nitrogens is 1. The Kier molecular flexibility index (Phi) is 6.49. The molecule has 9 heteroatoms. The van der Waals surface area contributed by atoms with Crippen molar-refractivity contribution in [1.29, 1.82) is 0 Å². The lowest BCUT2D eigenvalue weighted by molar-refractivity contribution is -0.138. The highest BCUT2D eigenvalue weighted by molar-refractivity contribution is 6.35. The second-order valence-corrected chi connectivity index (χ2v) is 9.43. The zero-order valence-electron chi connectivity index (χ0n) is 17.4. The third kappa shape index (κ3) is 4.01. The smallest absolute Gasteiger partial charge is 0.262 e. The Morgan fingerprint density at radius 2 is 1.91 bits per heavy atom. The first kappa shape index (κ1) is 23.4. The highest BCUT2D eigenvalue weighted by atomic mass is 35.5. The molecular weight excluding hydrogens is 458 g/mol. The number of nitrogens with one attached hydrogen (secondary N) is 1. The van der Waals surface area contributed by atoms with E-state index in [1.165, 1.54) is 18.3 Å². The number of halogens is 3. The first-order valence-electron chi connectivity index (χ1n) is 10.5. The standard InChI is InChI=1S/C23H25Cl2FN2O4/c24-15-3-4-16(18(25)12-15)21(7-10-32-11-8-21)13-28-20(30)23(26)6-5-22(31,14-29)19-17(23)2-1-9-27-19/h1-4,9,12,29,31H,5-8,10-11,13-14H2,(H,28,30). The van der Waals surface area contributed by atoms with Crippen LogP contribution in [-0.2, 0) is 26.2 Å². The van der Waals surface area contributed by atoms with Gasteiger partial charge < -0.3 is 20.3 Å². The van der Waals surface area contributed by atoms with E-state index in [9.17, 15) is 15.0 Å². The predicted octanol–water partition coefficient (Wildman–Crippen LogP) is 3.39. The number of benzene rings is 1. The van der Waals surface area contributed by atoms with Crippen LogP contribution in [-0.4, -0.2) is 47.5 Å². The number of pyridine rings is 1. The fourth-order valence-corrected chi connectivity index (χ4v) is 5.34. The van der Waals surface area contributed by atoms with Crippen LogP contribution in [0.5, 0.6) is 0 Å². The number of alkyl halides is 1. The number of aliphatic hydroxyl groups is 2. The number of ether oxygens (including phenoxy) is 1. The Hall–Kier alpha value is -1.77. The molecule has 6 nitrogen and oxygen atoms in total. The summed E-state index contributed by atoms with van der Waals surface area (Å²) in [5.41, 5.74) is -3.77. The lowest BCUT2D eigenvalue weighted by Gasteiger charge is -2.41. The minimum Gasteiger partial charge on any atom is -0.393 e. The van der Waals surface area contributed by atoms with Crippen molar-refractivity contribution in [2.24, 2.45) is 0 Å². The number of aliphatic hydroxyl groups excluding tert-OH is 1. The number of hydrogen-bond acceptors (Lipinski definition) is 5. The molecule has 1 amide bonds. The Bertz CT molecular complexity index is 1020. The Morgan fingerprint density at radius 3 is 2.59 bits per heavy atom. The zero-order chi connectivity index (χ0) is 23.0. The van der Waals surface area contributed by atoms with Gasteiger partial charge in [0.25, 0.3) is 5.91 Å². The maximum absolute atomic E-state index is 16.1. The molecule has 0 saturated carbocycles. The average Bonchev–Trinajstić information content (AvgIpc) is 2.81. The molecule has 1 fully saturated rings. The van der Waals surface area contributed by atoms with E-state index in [0.717, 1.165) is 5.56 Å². The van der Waals surface area contributed by atoms with E-state index >= 15 is 4.39 Å². The van der Waals surface area contributed by atoms with Crippen molar-refractivity contribution in [2.75, 3.05) is 26.4 Å². The highest BCUT2D eigenvalue weighted by Gasteiger charge is 2.52. The maximum Gasteiger partial charge on any atom is 0.262 e. The fourth-order valence-electron chi connectivity index (χ4n) is 4.73. The van der Waals surface area contributed by atoms with E-state index in [0.29, 0.717) is 36.1 Å². The van der Waals surface area contributed by atoms with Crippen molar-refractivity contribution in [2.45, 2.75) is 42.4 Å². The summed E-state index contributed by atoms with van der Waals surface area (Å²) < 4.78 is 21.7. The molecule has 0 bridgehead atoms. The summed E-state index contributed by atoms with van der Waals surface area (Å²) >= 11 is 12.5. The number of amides is 1. The molecule has 1 aromatic heterocycles. The molecule has 1 aromatic carbocycles. The molecule has 0 spiro atoms. The van der Waals surface area contributed by atoms with Crippen LogP contribution in [0.2, 0.25) is 10.0 Å². The largest absolute Gasteiger partial charge is 0.393 e. The topological polar surface area (TPSA) is 91.7 Å². The molecule has 2 unspecified atom stereocenters. The van der Waals surface area contributed by atoms with Crippen LogP contribution < -0.4 is 5.32 Å². The lowest BCUT2D eigenvalue weighted by atomic mass is 9.73. The summed E-state index contributed by atoms with van der Waals surface area (Å²) in [6, 6.07) is 8.19. The molecule has 1 aliphatic heterocycles. The normalized spacial score (nSPS) is 26.9. The molecule has 32 heavy (non-hydrogen) atoms. The second kappa shape index (κ2) is 8.88. The summed E-state index contributed by atoms with van der Waals surface area (Å²) in [6.07, 6.45) is 2.22. The van der Waals surface area contributed by atoms with Gasteiger partial charge in [0.2, 0.25) is 5.67 Å². The van der Waals surface area contributed by atoms with E-state index in [1.54, 1.807) is 12.1 Å². The number of fused-ring (bicyclic) bond motifs is 1. The zero-order valence-corrected chi connectivity index (χ0v) is 18.9. The molecule has 1 saturated heterocycles. The summed E-state index contributed by atoms with van der Waals surface area (Å²) in [7, 11) is 0. The lowest BCUT2D eigenvalue weighted by Crippen LogP contribution is -2.52. The number of hydrogen-bond donors (Lipinski definition) is 3. The van der Waals surface area contributed by atoms with Crippen LogP contribution in [0.25, 0.3) is 0 Å². The van der Waals surface area contributed by atoms with E-state index in [1.807, 2.05) is 6.07 Å². The van der Waals surface area contributed by atoms with Gasteiger partial charge in [-0.3, -0.25) is 9.78 Å². The molecule has 2 atom stereocenters. The molecular formula is C23H25Cl2FN2O4. The molecule has 1 aliphatic carbocycles. The minimum atomic E-state index is -2.37. The monoisotopic (exact) mass is 482 g/mol. The van der Waals surface area contributed by atoms with E-state index in [4.69, 9.17) is 27.9 Å². The van der Waals surface area contributed by atoms with E-state index < -0.39 is 29.2 Å². The van der Waals surface area contributed by atoms with Crippen LogP contribution in [0.4, 0.5) is 4.39 Å². The van der Waals surface area contributed by atoms with Gasteiger partial charge in [0, 0.05) is 47.0 Å². The third-order valence-electron chi connectivity index (χ3n) is 6.72. The summed E-state index contributed by atoms with van der Waals surface area (Å²) in [4.78, 5) is 17.3. The quantitative estimate of drug-likeness (QED) is 0.607. The summed E-state index contributed by atoms with van der Waals surface area (Å²) in [5, 5.41) is 24.1. The average molecular weight is 483 g/mol. The van der Waals surface area contributed by atoms with Crippen molar-refractivity contribution in [3.05, 3.63) is 63.4 Å². The van der Waals surface area contributed by atoms with Gasteiger partial charge in [-0.25, -0.2) is 4.39 Å². The summed E-state index contributed by atoms with van der Waals surface area (Å²) in [5.74, 6) is -0.803. The first-order valence-corrected chi connectivity index (χ1v) is 11.3. The van der Waals surface area contributed by atoms with Crippen molar-refractivity contribution >= 4 is 29.1 Å². The van der Waals surface area contributed by atoms with Gasteiger partial charge in [-0.1, -0.05) is 35.3 Å². The summed E-state index contributed by atoms with van der Waals surface area (Å²) in [6.45, 7) is 0.548. The van der Waals surface area contributed by atoms with Crippen molar-refractivity contribution in [3.8, 4) is 0 Å². The molecule has 0 radical (unpaired) electrons. The minimum absolute atomic E-state index is 0.00655. The van der Waals surface area contributed by atoms with Gasteiger partial charge in [0.15, 0.2) is 0 Å². The molecule has 2 aliphatic rings. The van der Waals surface area contributed by atoms with Gasteiger partial charge in [0.05, 0.1) is 12.3 Å². The number of carbonyl (C=O) groups excluding carboxylic acids is 1. The maximum atomic E-state index is 16.1. The van der Waals surface area contributed by atoms with Crippen molar-refractivity contribution < 1.29 is 24.1 Å². The molecule has 3 N–H and O–H groups in total. The predicted molar refractivity (Wildman–Crippen MR) is 118 cm³/mol. The van der Waals surface area contributed by atoms with Gasteiger partial charge >= 0.3 is 0 Å². The number of nitrogens with zero attached hydrogens (tertiary/aromatic N) is 1. The van der Waals surface area contributed by atoms with Crippen LogP contribution in [0.3, 0.4) is 0 Å². The van der Waals surface area contributed by atoms with Crippen LogP contribution in [0.1, 0.15) is 42.5 Å². The molecule has 2 aromatic rings. The van der Waals surface area contributed by atoms with Crippen LogP contribution in [0, 0.1) is 0 Å². The van der Waals surface area contributed by atoms with Crippen molar-refractivity contribution in [3.63, 3.8) is 0 Å². The van der Waals surface area contributed by atoms with Gasteiger partial charge in [-0.05, 0) is 49.4 Å². The molecule has 172 valence electrons. The number of rotatable bonds is 5. The fraction of sp³-hybridized carbons (Fsp3) is 0.478. The Morgan fingerprint density at radius 1 is 1.16 bits per heavy atom. The molecule has 4 rings (SSSR count). The molecule has 2 heterocycles. The van der Waals surface area contributed by atoms with Gasteiger partial charge in [-0.2, -0.15) is 0 Å². The third-order valence-corrected chi connectivity index (χ3v) is 7.27. The second-order valence-electron chi connectivity index (χ2n) is 8.59. The van der Waals surface area contributed by atoms with Crippen LogP contribution in [0.15, 0.2) is 36.5 Å². The Labute approximate surface area is 195 Å². The SMILES string of the molecule is O=C(NCC1(c2ccc(Cl)cc2Cl)CCOCC1)C1(F)CCC(O)(CO)c2ncccc21. The van der Waals surface area contributed by atoms with Crippen LogP contribution >= 0.6 is 23.2 Å². The number of carbonyl (C=O) groups is 1. The van der Waals surface area contributed by atoms with E-state index in [-0.39, 0.29) is 30.6 Å². The highest BCUT2D eigenvalue weighted by Crippen LogP contribution is 2.45. The van der Waals surface area contributed by atoms with Crippen molar-refractivity contribution in [1.82, 2.24) is 10.3 Å². The van der Waals surface area contributed by atoms with E-state index in [2.05, 4.69) is 10.3 Å². The van der Waals surface area contributed by atoms with Gasteiger partial charge in [-0.15, -0.1) is 0 Å². The Balaban J connectivity index is 1.62. The first-order chi connectivity index (χ1) is 15.2.